The normalized spacial score (nSPS) is 12.2. The average molecular weight is 234 g/mol. The van der Waals surface area contributed by atoms with Gasteiger partial charge >= 0.3 is 0 Å². The lowest BCUT2D eigenvalue weighted by Crippen LogP contribution is -2.22. The van der Waals surface area contributed by atoms with Crippen LogP contribution in [0.2, 0.25) is 0 Å². The highest BCUT2D eigenvalue weighted by Crippen LogP contribution is 2.21. The first-order valence-corrected chi connectivity index (χ1v) is 5.79. The smallest absolute Gasteiger partial charge is 0.221 e. The van der Waals surface area contributed by atoms with E-state index in [2.05, 4.69) is 11.9 Å². The molecule has 4 nitrogen and oxygen atoms in total. The number of aromatic nitrogens is 1. The van der Waals surface area contributed by atoms with Crippen molar-refractivity contribution < 1.29 is 9.15 Å². The van der Waals surface area contributed by atoms with Gasteiger partial charge < -0.3 is 14.9 Å². The predicted molar refractivity (Wildman–Crippen MR) is 67.6 cm³/mol. The average Bonchev–Trinajstić information content (AvgIpc) is 2.68. The largest absolute Gasteiger partial charge is 0.438 e. The van der Waals surface area contributed by atoms with Crippen LogP contribution in [0.15, 0.2) is 22.6 Å². The van der Waals surface area contributed by atoms with Gasteiger partial charge in [-0.25, -0.2) is 4.98 Å². The Hall–Kier alpha value is -1.55. The summed E-state index contributed by atoms with van der Waals surface area (Å²) in [6.07, 6.45) is 0.945. The third-order valence-corrected chi connectivity index (χ3v) is 2.89. The molecule has 0 aliphatic carbocycles. The number of nitrogen functional groups attached to an aromatic ring is 1. The van der Waals surface area contributed by atoms with Crippen molar-refractivity contribution in [3.63, 3.8) is 0 Å². The molecule has 2 N–H and O–H groups in total. The Kier molecular flexibility index (Phi) is 3.07. The first kappa shape index (κ1) is 11.9. The van der Waals surface area contributed by atoms with Crippen LogP contribution < -0.4 is 5.73 Å². The second-order valence-electron chi connectivity index (χ2n) is 4.74. The van der Waals surface area contributed by atoms with Crippen molar-refractivity contribution in [2.24, 2.45) is 0 Å². The minimum atomic E-state index is -0.153. The summed E-state index contributed by atoms with van der Waals surface area (Å²) in [5, 5.41) is 0. The van der Waals surface area contributed by atoms with Crippen LogP contribution in [0.5, 0.6) is 0 Å². The molecule has 4 heteroatoms. The van der Waals surface area contributed by atoms with E-state index in [0.717, 1.165) is 11.9 Å². The highest BCUT2D eigenvalue weighted by atomic mass is 16.5. The van der Waals surface area contributed by atoms with E-state index in [1.54, 1.807) is 6.07 Å². The molecule has 0 fully saturated rings. The summed E-state index contributed by atoms with van der Waals surface area (Å²) in [5.74, 6) is 0.590. The van der Waals surface area contributed by atoms with Gasteiger partial charge in [0.05, 0.1) is 5.60 Å². The molecule has 0 aliphatic heterocycles. The summed E-state index contributed by atoms with van der Waals surface area (Å²) in [6, 6.07) is 5.44. The van der Waals surface area contributed by atoms with E-state index in [1.165, 1.54) is 0 Å². The molecule has 0 bridgehead atoms. The van der Waals surface area contributed by atoms with Gasteiger partial charge in [0.25, 0.3) is 0 Å². The Morgan fingerprint density at radius 2 is 2.18 bits per heavy atom. The van der Waals surface area contributed by atoms with E-state index in [1.807, 2.05) is 26.0 Å². The SMILES string of the molecule is CCC(C)(C)OCc1nc2ccc(N)cc2o1. The second-order valence-corrected chi connectivity index (χ2v) is 4.74. The minimum absolute atomic E-state index is 0.153. The zero-order chi connectivity index (χ0) is 12.5. The van der Waals surface area contributed by atoms with Crippen LogP contribution in [0, 0.1) is 0 Å². The van der Waals surface area contributed by atoms with Gasteiger partial charge in [-0.15, -0.1) is 0 Å². The van der Waals surface area contributed by atoms with E-state index in [0.29, 0.717) is 23.8 Å². The monoisotopic (exact) mass is 234 g/mol. The van der Waals surface area contributed by atoms with Crippen molar-refractivity contribution in [3.8, 4) is 0 Å². The zero-order valence-electron chi connectivity index (χ0n) is 10.5. The quantitative estimate of drug-likeness (QED) is 0.826. The topological polar surface area (TPSA) is 61.3 Å². The van der Waals surface area contributed by atoms with Crippen LogP contribution in [-0.4, -0.2) is 10.6 Å². The van der Waals surface area contributed by atoms with E-state index < -0.39 is 0 Å². The van der Waals surface area contributed by atoms with Gasteiger partial charge in [-0.2, -0.15) is 0 Å². The lowest BCUT2D eigenvalue weighted by atomic mass is 10.1. The van der Waals surface area contributed by atoms with Crippen LogP contribution in [0.4, 0.5) is 5.69 Å². The number of ether oxygens (including phenoxy) is 1. The molecule has 0 radical (unpaired) electrons. The highest BCUT2D eigenvalue weighted by Gasteiger charge is 2.17. The molecule has 0 spiro atoms. The van der Waals surface area contributed by atoms with Crippen molar-refractivity contribution in [3.05, 3.63) is 24.1 Å². The second kappa shape index (κ2) is 4.37. The number of hydrogen-bond acceptors (Lipinski definition) is 4. The van der Waals surface area contributed by atoms with Gasteiger partial charge in [-0.3, -0.25) is 0 Å². The number of nitrogens with zero attached hydrogens (tertiary/aromatic N) is 1. The molecule has 0 saturated heterocycles. The molecule has 0 aliphatic rings. The summed E-state index contributed by atoms with van der Waals surface area (Å²) in [5.41, 5.74) is 7.72. The van der Waals surface area contributed by atoms with Crippen molar-refractivity contribution in [2.75, 3.05) is 5.73 Å². The number of hydrogen-bond donors (Lipinski definition) is 1. The van der Waals surface area contributed by atoms with Gasteiger partial charge in [0.1, 0.15) is 12.1 Å². The molecule has 0 saturated carbocycles. The minimum Gasteiger partial charge on any atom is -0.438 e. The molecule has 92 valence electrons. The summed E-state index contributed by atoms with van der Waals surface area (Å²) in [6.45, 7) is 6.57. The highest BCUT2D eigenvalue weighted by molar-refractivity contribution is 5.76. The third kappa shape index (κ3) is 2.77. The van der Waals surface area contributed by atoms with Crippen molar-refractivity contribution in [1.82, 2.24) is 4.98 Å². The number of nitrogens with two attached hydrogens (primary N) is 1. The molecular weight excluding hydrogens is 216 g/mol. The fourth-order valence-corrected chi connectivity index (χ4v) is 1.41. The van der Waals surface area contributed by atoms with Crippen LogP contribution in [0.3, 0.4) is 0 Å². The molecule has 1 aromatic carbocycles. The molecule has 2 rings (SSSR count). The van der Waals surface area contributed by atoms with Crippen LogP contribution in [0.1, 0.15) is 33.1 Å². The maximum Gasteiger partial charge on any atom is 0.221 e. The Labute approximate surface area is 101 Å². The van der Waals surface area contributed by atoms with E-state index >= 15 is 0 Å². The lowest BCUT2D eigenvalue weighted by molar-refractivity contribution is -0.0397. The molecular formula is C13H18N2O2. The fraction of sp³-hybridized carbons (Fsp3) is 0.462. The van der Waals surface area contributed by atoms with Crippen LogP contribution in [0.25, 0.3) is 11.1 Å². The number of oxazole rings is 1. The molecule has 1 aromatic heterocycles. The van der Waals surface area contributed by atoms with Gasteiger partial charge in [0, 0.05) is 11.8 Å². The molecule has 0 amide bonds. The van der Waals surface area contributed by atoms with E-state index in [4.69, 9.17) is 14.9 Å². The van der Waals surface area contributed by atoms with Gasteiger partial charge in [-0.05, 0) is 32.4 Å². The van der Waals surface area contributed by atoms with Crippen molar-refractivity contribution in [2.45, 2.75) is 39.4 Å². The van der Waals surface area contributed by atoms with Gasteiger partial charge in [-0.1, -0.05) is 6.92 Å². The fourth-order valence-electron chi connectivity index (χ4n) is 1.41. The third-order valence-electron chi connectivity index (χ3n) is 2.89. The van der Waals surface area contributed by atoms with Crippen LogP contribution >= 0.6 is 0 Å². The maximum absolute atomic E-state index is 5.74. The molecule has 2 aromatic rings. The number of benzene rings is 1. The first-order valence-electron chi connectivity index (χ1n) is 5.79. The predicted octanol–water partition coefficient (Wildman–Crippen LogP) is 3.12. The van der Waals surface area contributed by atoms with Gasteiger partial charge in [0.2, 0.25) is 5.89 Å². The summed E-state index contributed by atoms with van der Waals surface area (Å²) < 4.78 is 11.3. The van der Waals surface area contributed by atoms with Crippen molar-refractivity contribution in [1.29, 1.82) is 0 Å². The Balaban J connectivity index is 2.15. The number of fused-ring (bicyclic) bond motifs is 1. The molecule has 1 heterocycles. The first-order chi connectivity index (χ1) is 8.00. The molecule has 17 heavy (non-hydrogen) atoms. The van der Waals surface area contributed by atoms with E-state index in [-0.39, 0.29) is 5.60 Å². The summed E-state index contributed by atoms with van der Waals surface area (Å²) in [4.78, 5) is 4.34. The Bertz CT molecular complexity index is 517. The summed E-state index contributed by atoms with van der Waals surface area (Å²) in [7, 11) is 0. The maximum atomic E-state index is 5.74. The standard InChI is InChI=1S/C13H18N2O2/c1-4-13(2,3)16-8-12-15-10-6-5-9(14)7-11(10)17-12/h5-7H,4,8,14H2,1-3H3. The molecule has 0 atom stereocenters. The number of rotatable bonds is 4. The summed E-state index contributed by atoms with van der Waals surface area (Å²) >= 11 is 0. The Morgan fingerprint density at radius 3 is 2.88 bits per heavy atom. The molecule has 0 unspecified atom stereocenters. The zero-order valence-corrected chi connectivity index (χ0v) is 10.5. The van der Waals surface area contributed by atoms with Crippen molar-refractivity contribution >= 4 is 16.8 Å². The Morgan fingerprint density at radius 1 is 1.41 bits per heavy atom. The van der Waals surface area contributed by atoms with Gasteiger partial charge in [0.15, 0.2) is 5.58 Å². The number of anilines is 1. The van der Waals surface area contributed by atoms with Crippen LogP contribution in [-0.2, 0) is 11.3 Å². The van der Waals surface area contributed by atoms with E-state index in [9.17, 15) is 0 Å². The lowest BCUT2D eigenvalue weighted by Gasteiger charge is -2.22.